The largest absolute Gasteiger partial charge is 0.497 e. The number of piperidine rings is 1. The van der Waals surface area contributed by atoms with E-state index >= 15 is 0 Å². The van der Waals surface area contributed by atoms with Crippen LogP contribution in [0.4, 0.5) is 0 Å². The molecule has 1 fully saturated rings. The van der Waals surface area contributed by atoms with E-state index in [1.807, 2.05) is 27.3 Å². The topological polar surface area (TPSA) is 39.7 Å². The summed E-state index contributed by atoms with van der Waals surface area (Å²) in [6, 6.07) is 0. The van der Waals surface area contributed by atoms with Gasteiger partial charge in [0.1, 0.15) is 0 Å². The summed E-state index contributed by atoms with van der Waals surface area (Å²) in [5.41, 5.74) is 0. The van der Waals surface area contributed by atoms with Crippen LogP contribution >= 0.6 is 0 Å². The fraction of sp³-hybridized carbons (Fsp3) is 1.00. The van der Waals surface area contributed by atoms with Gasteiger partial charge in [0, 0.05) is 26.4 Å². The van der Waals surface area contributed by atoms with Gasteiger partial charge in [0.05, 0.1) is 0 Å². The molecule has 1 rings (SSSR count). The zero-order valence-electron chi connectivity index (χ0n) is 11.9. The zero-order chi connectivity index (χ0) is 13.0. The zero-order valence-corrected chi connectivity index (χ0v) is 12.9. The van der Waals surface area contributed by atoms with E-state index in [4.69, 9.17) is 13.3 Å². The Labute approximate surface area is 107 Å². The fourth-order valence-electron chi connectivity index (χ4n) is 1.71. The highest BCUT2D eigenvalue weighted by atomic mass is 28.4. The number of nitrogens with one attached hydrogen (secondary N) is 1. The number of hydrogen-bond acceptors (Lipinski definition) is 4. The van der Waals surface area contributed by atoms with E-state index in [0.717, 1.165) is 0 Å². The Morgan fingerprint density at radius 2 is 1.24 bits per heavy atom. The van der Waals surface area contributed by atoms with Gasteiger partial charge in [-0.3, -0.25) is 0 Å². The van der Waals surface area contributed by atoms with Crippen molar-refractivity contribution in [1.82, 2.24) is 5.32 Å². The molecule has 0 bridgehead atoms. The monoisotopic (exact) mass is 263 g/mol. The van der Waals surface area contributed by atoms with Crippen molar-refractivity contribution in [3.63, 3.8) is 0 Å². The first-order chi connectivity index (χ1) is 8.18. The van der Waals surface area contributed by atoms with Gasteiger partial charge in [-0.1, -0.05) is 6.42 Å². The molecule has 0 aromatic heterocycles. The summed E-state index contributed by atoms with van der Waals surface area (Å²) in [6.45, 7) is 12.2. The summed E-state index contributed by atoms with van der Waals surface area (Å²) in [4.78, 5) is 0. The molecule has 1 N–H and O–H groups in total. The Bertz CT molecular complexity index is 137. The van der Waals surface area contributed by atoms with Gasteiger partial charge in [-0.05, 0) is 46.7 Å². The summed E-state index contributed by atoms with van der Waals surface area (Å²) in [6.07, 6.45) is 4.22. The summed E-state index contributed by atoms with van der Waals surface area (Å²) in [5, 5.41) is 3.28. The van der Waals surface area contributed by atoms with Crippen molar-refractivity contribution < 1.29 is 13.3 Å². The van der Waals surface area contributed by atoms with Crippen LogP contribution in [0.2, 0.25) is 6.55 Å². The lowest BCUT2D eigenvalue weighted by atomic mass is 10.2. The average molecular weight is 263 g/mol. The van der Waals surface area contributed by atoms with Crippen LogP contribution in [-0.4, -0.2) is 41.7 Å². The second-order valence-corrected chi connectivity index (χ2v) is 6.56. The van der Waals surface area contributed by atoms with Crippen LogP contribution in [0, 0.1) is 0 Å². The van der Waals surface area contributed by atoms with Crippen LogP contribution in [0.15, 0.2) is 0 Å². The molecule has 4 nitrogen and oxygen atoms in total. The third-order valence-corrected chi connectivity index (χ3v) is 4.87. The molecule has 17 heavy (non-hydrogen) atoms. The molecule has 0 radical (unpaired) electrons. The fourth-order valence-corrected chi connectivity index (χ4v) is 3.54. The minimum absolute atomic E-state index is 0.655. The smallest absolute Gasteiger partial charge is 0.374 e. The Kier molecular flexibility index (Phi) is 11.2. The van der Waals surface area contributed by atoms with Crippen molar-refractivity contribution in [3.05, 3.63) is 0 Å². The van der Waals surface area contributed by atoms with Crippen LogP contribution in [0.1, 0.15) is 40.0 Å². The van der Waals surface area contributed by atoms with E-state index in [-0.39, 0.29) is 0 Å². The molecule has 0 unspecified atom stereocenters. The second-order valence-electron chi connectivity index (χ2n) is 3.97. The van der Waals surface area contributed by atoms with Crippen molar-refractivity contribution in [2.75, 3.05) is 32.9 Å². The molecule has 0 saturated carbocycles. The van der Waals surface area contributed by atoms with Gasteiger partial charge in [0.15, 0.2) is 0 Å². The standard InChI is InChI=1S/C7H18O3Si.C5H11N/c1-5-8-11(4,9-6-2)10-7-3;1-2-4-6-5-3-1/h5-7H2,1-4H3;6H,1-5H2. The van der Waals surface area contributed by atoms with Gasteiger partial charge in [-0.25, -0.2) is 0 Å². The molecule has 104 valence electrons. The molecule has 0 aromatic rings. The van der Waals surface area contributed by atoms with Crippen LogP contribution in [0.5, 0.6) is 0 Å². The lowest BCUT2D eigenvalue weighted by molar-refractivity contribution is 0.0783. The molecule has 5 heteroatoms. The molecular formula is C12H29NO3Si. The summed E-state index contributed by atoms with van der Waals surface area (Å²) in [7, 11) is -2.25. The van der Waals surface area contributed by atoms with Crippen molar-refractivity contribution in [2.45, 2.75) is 46.6 Å². The van der Waals surface area contributed by atoms with E-state index in [9.17, 15) is 0 Å². The predicted octanol–water partition coefficient (Wildman–Crippen LogP) is 2.42. The molecule has 0 aromatic carbocycles. The first-order valence-corrected chi connectivity index (χ1v) is 9.03. The summed E-state index contributed by atoms with van der Waals surface area (Å²) < 4.78 is 16.2. The molecule has 0 amide bonds. The van der Waals surface area contributed by atoms with Crippen LogP contribution in [0.3, 0.4) is 0 Å². The number of hydrogen-bond donors (Lipinski definition) is 1. The first-order valence-electron chi connectivity index (χ1n) is 6.81. The normalized spacial score (nSPS) is 16.2. The van der Waals surface area contributed by atoms with Crippen LogP contribution in [0.25, 0.3) is 0 Å². The van der Waals surface area contributed by atoms with Gasteiger partial charge >= 0.3 is 8.80 Å². The van der Waals surface area contributed by atoms with Gasteiger partial charge in [0.25, 0.3) is 0 Å². The van der Waals surface area contributed by atoms with E-state index in [1.54, 1.807) is 0 Å². The molecule has 0 aliphatic carbocycles. The van der Waals surface area contributed by atoms with E-state index in [1.165, 1.54) is 32.4 Å². The van der Waals surface area contributed by atoms with Crippen molar-refractivity contribution in [2.24, 2.45) is 0 Å². The first kappa shape index (κ1) is 17.1. The van der Waals surface area contributed by atoms with E-state index < -0.39 is 8.80 Å². The summed E-state index contributed by atoms with van der Waals surface area (Å²) >= 11 is 0. The molecule has 0 spiro atoms. The molecule has 1 aliphatic rings. The molecule has 1 saturated heterocycles. The van der Waals surface area contributed by atoms with Gasteiger partial charge in [-0.15, -0.1) is 0 Å². The maximum Gasteiger partial charge on any atom is 0.497 e. The number of rotatable bonds is 6. The third kappa shape index (κ3) is 9.73. The molecule has 1 heterocycles. The molecular weight excluding hydrogens is 234 g/mol. The van der Waals surface area contributed by atoms with Gasteiger partial charge < -0.3 is 18.6 Å². The third-order valence-electron chi connectivity index (χ3n) is 2.43. The molecule has 1 aliphatic heterocycles. The highest BCUT2D eigenvalue weighted by Crippen LogP contribution is 2.08. The Morgan fingerprint density at radius 3 is 1.41 bits per heavy atom. The summed E-state index contributed by atoms with van der Waals surface area (Å²) in [5.74, 6) is 0. The van der Waals surface area contributed by atoms with Gasteiger partial charge in [-0.2, -0.15) is 0 Å². The van der Waals surface area contributed by atoms with Crippen molar-refractivity contribution in [3.8, 4) is 0 Å². The SMILES string of the molecule is C1CCNCC1.CCO[Si](C)(OCC)OCC. The van der Waals surface area contributed by atoms with E-state index in [0.29, 0.717) is 19.8 Å². The van der Waals surface area contributed by atoms with Crippen LogP contribution < -0.4 is 5.32 Å². The highest BCUT2D eigenvalue weighted by Gasteiger charge is 2.32. The van der Waals surface area contributed by atoms with Crippen molar-refractivity contribution in [1.29, 1.82) is 0 Å². The van der Waals surface area contributed by atoms with Crippen molar-refractivity contribution >= 4 is 8.80 Å². The minimum Gasteiger partial charge on any atom is -0.374 e. The van der Waals surface area contributed by atoms with E-state index in [2.05, 4.69) is 5.32 Å². The second kappa shape index (κ2) is 11.2. The lowest BCUT2D eigenvalue weighted by Crippen LogP contribution is -2.42. The maximum absolute atomic E-state index is 5.40. The average Bonchev–Trinajstić information content (AvgIpc) is 2.33. The highest BCUT2D eigenvalue weighted by molar-refractivity contribution is 6.59. The maximum atomic E-state index is 5.40. The van der Waals surface area contributed by atoms with Gasteiger partial charge in [0.2, 0.25) is 0 Å². The quantitative estimate of drug-likeness (QED) is 0.747. The Hall–Kier alpha value is 0.0569. The minimum atomic E-state index is -2.25. The Balaban J connectivity index is 0.000000354. The lowest BCUT2D eigenvalue weighted by Gasteiger charge is -2.23. The molecule has 0 atom stereocenters. The van der Waals surface area contributed by atoms with Crippen LogP contribution in [-0.2, 0) is 13.3 Å². The Morgan fingerprint density at radius 1 is 0.824 bits per heavy atom. The predicted molar refractivity (Wildman–Crippen MR) is 73.2 cm³/mol.